The van der Waals surface area contributed by atoms with Crippen LogP contribution in [0.5, 0.6) is 0 Å². The average molecular weight is 440 g/mol. The second-order valence-corrected chi connectivity index (χ2v) is 6.00. The summed E-state index contributed by atoms with van der Waals surface area (Å²) in [6, 6.07) is -0.576. The first-order chi connectivity index (χ1) is 13.7. The molecule has 166 valence electrons. The van der Waals surface area contributed by atoms with Crippen molar-refractivity contribution in [1.82, 2.24) is 5.32 Å². The van der Waals surface area contributed by atoms with Crippen LogP contribution in [0.15, 0.2) is 30.4 Å². The molecule has 0 unspecified atom stereocenters. The number of esters is 1. The van der Waals surface area contributed by atoms with Crippen molar-refractivity contribution in [3.05, 3.63) is 47.0 Å². The number of benzene rings is 1. The standard InChI is InChI=1S/C18H18F6N2O4/c1-2-30-15(28)5-3-4-13(16(25)29)26-14(27)8-10-6-11(17(19,20)21)9-12(7-10)18(22,23)24/h3,5-7,9,13H,2,4,8H2,1H3,(H2,25,29)(H,26,27)/b5-3+/t13-/m1/s1. The number of hydrogen-bond donors (Lipinski definition) is 2. The van der Waals surface area contributed by atoms with Crippen LogP contribution < -0.4 is 11.1 Å². The van der Waals surface area contributed by atoms with Gasteiger partial charge in [-0.05, 0) is 37.1 Å². The molecule has 2 amide bonds. The molecule has 0 radical (unpaired) electrons. The van der Waals surface area contributed by atoms with Crippen molar-refractivity contribution in [2.75, 3.05) is 6.61 Å². The Kier molecular flexibility index (Phi) is 8.43. The SMILES string of the molecule is CCOC(=O)/C=C/C[C@@H](NC(=O)Cc1cc(C(F)(F)F)cc(C(F)(F)F)c1)C(N)=O. The topological polar surface area (TPSA) is 98.5 Å². The van der Waals surface area contributed by atoms with Crippen LogP contribution in [0, 0.1) is 0 Å². The summed E-state index contributed by atoms with van der Waals surface area (Å²) in [6.45, 7) is 1.67. The monoisotopic (exact) mass is 440 g/mol. The van der Waals surface area contributed by atoms with Crippen molar-refractivity contribution in [3.8, 4) is 0 Å². The van der Waals surface area contributed by atoms with Crippen molar-refractivity contribution in [1.29, 1.82) is 0 Å². The summed E-state index contributed by atoms with van der Waals surface area (Å²) in [7, 11) is 0. The number of carbonyl (C=O) groups excluding carboxylic acids is 3. The molecule has 0 aliphatic heterocycles. The number of halogens is 6. The molecule has 0 saturated carbocycles. The molecule has 1 rings (SSSR count). The summed E-state index contributed by atoms with van der Waals surface area (Å²) in [5.41, 5.74) is 1.43. The van der Waals surface area contributed by atoms with E-state index in [9.17, 15) is 40.7 Å². The number of nitrogens with two attached hydrogens (primary N) is 1. The Bertz CT molecular complexity index is 786. The summed E-state index contributed by atoms with van der Waals surface area (Å²) < 4.78 is 81.9. The Morgan fingerprint density at radius 2 is 1.60 bits per heavy atom. The van der Waals surface area contributed by atoms with E-state index >= 15 is 0 Å². The van der Waals surface area contributed by atoms with E-state index in [2.05, 4.69) is 10.1 Å². The maximum atomic E-state index is 12.9. The van der Waals surface area contributed by atoms with E-state index in [1.54, 1.807) is 6.92 Å². The van der Waals surface area contributed by atoms with Gasteiger partial charge in [0.15, 0.2) is 0 Å². The van der Waals surface area contributed by atoms with Crippen molar-refractivity contribution >= 4 is 17.8 Å². The molecule has 1 aromatic rings. The van der Waals surface area contributed by atoms with Gasteiger partial charge in [0, 0.05) is 6.08 Å². The number of nitrogens with one attached hydrogen (secondary N) is 1. The normalized spacial score (nSPS) is 13.2. The van der Waals surface area contributed by atoms with E-state index in [4.69, 9.17) is 5.73 Å². The van der Waals surface area contributed by atoms with Crippen molar-refractivity contribution < 1.29 is 45.5 Å². The van der Waals surface area contributed by atoms with Gasteiger partial charge in [-0.3, -0.25) is 9.59 Å². The molecular weight excluding hydrogens is 422 g/mol. The minimum Gasteiger partial charge on any atom is -0.463 e. The number of hydrogen-bond acceptors (Lipinski definition) is 4. The first-order valence-electron chi connectivity index (χ1n) is 8.44. The molecule has 30 heavy (non-hydrogen) atoms. The number of carbonyl (C=O) groups is 3. The van der Waals surface area contributed by atoms with Crippen LogP contribution >= 0.6 is 0 Å². The minimum atomic E-state index is -5.06. The van der Waals surface area contributed by atoms with E-state index < -0.39 is 59.3 Å². The molecule has 0 aliphatic carbocycles. The molecule has 0 heterocycles. The van der Waals surface area contributed by atoms with Crippen LogP contribution in [0.4, 0.5) is 26.3 Å². The van der Waals surface area contributed by atoms with E-state index in [1.165, 1.54) is 6.08 Å². The highest BCUT2D eigenvalue weighted by atomic mass is 19.4. The molecule has 1 aromatic carbocycles. The number of rotatable bonds is 8. The highest BCUT2D eigenvalue weighted by Crippen LogP contribution is 2.36. The molecule has 3 N–H and O–H groups in total. The lowest BCUT2D eigenvalue weighted by Crippen LogP contribution is -2.44. The Labute approximate surface area is 167 Å². The second kappa shape index (κ2) is 10.1. The Balaban J connectivity index is 2.96. The first-order valence-corrected chi connectivity index (χ1v) is 8.44. The molecule has 0 spiro atoms. The molecule has 1 atom stereocenters. The van der Waals surface area contributed by atoms with Crippen LogP contribution in [-0.4, -0.2) is 30.4 Å². The fraction of sp³-hybridized carbons (Fsp3) is 0.389. The van der Waals surface area contributed by atoms with Gasteiger partial charge in [-0.25, -0.2) is 4.79 Å². The molecule has 12 heteroatoms. The third-order valence-corrected chi connectivity index (χ3v) is 3.60. The molecule has 0 fully saturated rings. The number of amides is 2. The van der Waals surface area contributed by atoms with Crippen LogP contribution in [0.3, 0.4) is 0 Å². The smallest absolute Gasteiger partial charge is 0.416 e. The van der Waals surface area contributed by atoms with E-state index in [0.29, 0.717) is 12.1 Å². The predicted molar refractivity (Wildman–Crippen MR) is 91.7 cm³/mol. The van der Waals surface area contributed by atoms with Gasteiger partial charge in [0.1, 0.15) is 6.04 Å². The van der Waals surface area contributed by atoms with Gasteiger partial charge < -0.3 is 15.8 Å². The summed E-state index contributed by atoms with van der Waals surface area (Å²) in [6.07, 6.45) is -9.05. The Hall–Kier alpha value is -3.05. The first kappa shape index (κ1) is 25.0. The zero-order valence-corrected chi connectivity index (χ0v) is 15.6. The van der Waals surface area contributed by atoms with Crippen molar-refractivity contribution in [2.24, 2.45) is 5.73 Å². The zero-order chi connectivity index (χ0) is 23.1. The van der Waals surface area contributed by atoms with Crippen LogP contribution in [0.25, 0.3) is 0 Å². The van der Waals surface area contributed by atoms with Crippen LogP contribution in [0.1, 0.15) is 30.0 Å². The Morgan fingerprint density at radius 3 is 2.03 bits per heavy atom. The van der Waals surface area contributed by atoms with E-state index in [0.717, 1.165) is 6.08 Å². The molecule has 0 saturated heterocycles. The van der Waals surface area contributed by atoms with E-state index in [-0.39, 0.29) is 19.1 Å². The van der Waals surface area contributed by atoms with Crippen molar-refractivity contribution in [2.45, 2.75) is 38.2 Å². The Morgan fingerprint density at radius 1 is 1.07 bits per heavy atom. The second-order valence-electron chi connectivity index (χ2n) is 6.00. The number of ether oxygens (including phenoxy) is 1. The van der Waals surface area contributed by atoms with Crippen LogP contribution in [-0.2, 0) is 37.9 Å². The van der Waals surface area contributed by atoms with Gasteiger partial charge in [-0.1, -0.05) is 6.08 Å². The molecule has 0 aromatic heterocycles. The largest absolute Gasteiger partial charge is 0.463 e. The minimum absolute atomic E-state index is 0.0617. The predicted octanol–water partition coefficient (Wildman–Crippen LogP) is 2.75. The van der Waals surface area contributed by atoms with E-state index in [1.807, 2.05) is 0 Å². The highest BCUT2D eigenvalue weighted by Gasteiger charge is 2.37. The lowest BCUT2D eigenvalue weighted by Gasteiger charge is -2.16. The van der Waals surface area contributed by atoms with Gasteiger partial charge in [0.05, 0.1) is 24.2 Å². The molecule has 6 nitrogen and oxygen atoms in total. The third-order valence-electron chi connectivity index (χ3n) is 3.60. The summed E-state index contributed by atoms with van der Waals surface area (Å²) >= 11 is 0. The fourth-order valence-electron chi connectivity index (χ4n) is 2.29. The maximum absolute atomic E-state index is 12.9. The van der Waals surface area contributed by atoms with Gasteiger partial charge in [-0.2, -0.15) is 26.3 Å². The van der Waals surface area contributed by atoms with Gasteiger partial charge in [0.25, 0.3) is 0 Å². The molecular formula is C18H18F6N2O4. The molecule has 0 bridgehead atoms. The fourth-order valence-corrected chi connectivity index (χ4v) is 2.29. The van der Waals surface area contributed by atoms with Gasteiger partial charge in [-0.15, -0.1) is 0 Å². The summed E-state index contributed by atoms with van der Waals surface area (Å²) in [5, 5.41) is 2.11. The quantitative estimate of drug-likeness (QED) is 0.369. The molecule has 0 aliphatic rings. The highest BCUT2D eigenvalue weighted by molar-refractivity contribution is 5.88. The number of alkyl halides is 6. The van der Waals surface area contributed by atoms with Gasteiger partial charge >= 0.3 is 18.3 Å². The van der Waals surface area contributed by atoms with Gasteiger partial charge in [0.2, 0.25) is 11.8 Å². The van der Waals surface area contributed by atoms with Crippen molar-refractivity contribution in [3.63, 3.8) is 0 Å². The van der Waals surface area contributed by atoms with Crippen LogP contribution in [0.2, 0.25) is 0 Å². The lowest BCUT2D eigenvalue weighted by molar-refractivity contribution is -0.143. The zero-order valence-electron chi connectivity index (χ0n) is 15.6. The summed E-state index contributed by atoms with van der Waals surface area (Å²) in [4.78, 5) is 34.7. The average Bonchev–Trinajstić information content (AvgIpc) is 2.59. The lowest BCUT2D eigenvalue weighted by atomic mass is 10.0. The number of primary amides is 1. The maximum Gasteiger partial charge on any atom is 0.416 e. The third kappa shape index (κ3) is 8.13. The summed E-state index contributed by atoms with van der Waals surface area (Å²) in [5.74, 6) is -2.76.